The van der Waals surface area contributed by atoms with Crippen LogP contribution >= 0.6 is 0 Å². The molecule has 6 amide bonds. The van der Waals surface area contributed by atoms with E-state index < -0.39 is 41.6 Å². The molecule has 2 aromatic rings. The summed E-state index contributed by atoms with van der Waals surface area (Å²) >= 11 is 0. The first-order valence-corrected chi connectivity index (χ1v) is 17.4. The van der Waals surface area contributed by atoms with Crippen LogP contribution in [0.2, 0.25) is 0 Å². The zero-order valence-corrected chi connectivity index (χ0v) is 30.0. The number of hydrogen-bond acceptors (Lipinski definition) is 7. The number of benzene rings is 2. The normalized spacial score (nSPS) is 18.9. The van der Waals surface area contributed by atoms with Gasteiger partial charge in [-0.1, -0.05) is 58.0 Å². The summed E-state index contributed by atoms with van der Waals surface area (Å²) in [4.78, 5) is 70.4. The van der Waals surface area contributed by atoms with E-state index in [2.05, 4.69) is 21.3 Å². The van der Waals surface area contributed by atoms with Crippen molar-refractivity contribution >= 4 is 35.3 Å². The van der Waals surface area contributed by atoms with Crippen LogP contribution in [-0.2, 0) is 25.5 Å². The highest BCUT2D eigenvalue weighted by molar-refractivity contribution is 5.98. The number of carbonyl (C=O) groups excluding carboxylic acids is 5. The van der Waals surface area contributed by atoms with E-state index >= 15 is 0 Å². The predicted molar refractivity (Wildman–Crippen MR) is 190 cm³/mol. The van der Waals surface area contributed by atoms with Crippen LogP contribution in [0.15, 0.2) is 54.6 Å². The monoisotopic (exact) mass is 692 g/mol. The van der Waals surface area contributed by atoms with E-state index in [1.54, 1.807) is 48.1 Å². The summed E-state index contributed by atoms with van der Waals surface area (Å²) in [5.41, 5.74) is 0.547. The minimum atomic E-state index is -1.00. The molecule has 0 saturated carbocycles. The van der Waals surface area contributed by atoms with Crippen molar-refractivity contribution in [2.24, 2.45) is 11.8 Å². The van der Waals surface area contributed by atoms with E-state index in [1.807, 2.05) is 58.0 Å². The average Bonchev–Trinajstić information content (AvgIpc) is 3.85. The fourth-order valence-corrected chi connectivity index (χ4v) is 5.86. The molecule has 50 heavy (non-hydrogen) atoms. The second kappa shape index (κ2) is 17.3. The van der Waals surface area contributed by atoms with Gasteiger partial charge in [0.1, 0.15) is 23.4 Å². The topological polar surface area (TPSA) is 162 Å². The molecule has 2 saturated heterocycles. The third kappa shape index (κ3) is 10.9. The first kappa shape index (κ1) is 38.2. The highest BCUT2D eigenvalue weighted by Crippen LogP contribution is 2.29. The van der Waals surface area contributed by atoms with Crippen molar-refractivity contribution in [3.63, 3.8) is 0 Å². The number of piperazine rings is 1. The molecule has 0 radical (unpaired) electrons. The van der Waals surface area contributed by atoms with Crippen molar-refractivity contribution < 1.29 is 33.4 Å². The number of hydrogen-bond donors (Lipinski definition) is 4. The molecule has 0 spiro atoms. The molecule has 2 fully saturated rings. The number of methoxy groups -OCH3 is 1. The first-order chi connectivity index (χ1) is 23.8. The third-order valence-corrected chi connectivity index (χ3v) is 8.87. The van der Waals surface area contributed by atoms with E-state index in [0.29, 0.717) is 44.0 Å². The van der Waals surface area contributed by atoms with Gasteiger partial charge in [0.2, 0.25) is 11.8 Å². The minimum Gasteiger partial charge on any atom is -0.497 e. The van der Waals surface area contributed by atoms with E-state index in [4.69, 9.17) is 9.47 Å². The molecule has 4 atom stereocenters. The number of nitrogens with zero attached hydrogens (tertiary/aromatic N) is 2. The second-order valence-corrected chi connectivity index (χ2v) is 14.1. The Labute approximate surface area is 294 Å². The van der Waals surface area contributed by atoms with Crippen LogP contribution in [-0.4, -0.2) is 103 Å². The predicted octanol–water partition coefficient (Wildman–Crippen LogP) is 3.59. The van der Waals surface area contributed by atoms with Crippen LogP contribution in [0.5, 0.6) is 5.75 Å². The molecular formula is C37H52N6O7. The Hall–Kier alpha value is -4.65. The summed E-state index contributed by atoms with van der Waals surface area (Å²) < 4.78 is 10.5. The Morgan fingerprint density at radius 1 is 0.740 bits per heavy atom. The number of ketones is 1. The van der Waals surface area contributed by atoms with Crippen molar-refractivity contribution in [1.82, 2.24) is 25.8 Å². The van der Waals surface area contributed by atoms with Crippen molar-refractivity contribution in [2.45, 2.75) is 77.6 Å². The Morgan fingerprint density at radius 3 is 1.80 bits per heavy atom. The second-order valence-electron chi connectivity index (χ2n) is 14.1. The number of nitrogens with one attached hydrogen (secondary N) is 4. The van der Waals surface area contributed by atoms with Gasteiger partial charge in [-0.15, -0.1) is 0 Å². The molecule has 13 nitrogen and oxygen atoms in total. The zero-order chi connectivity index (χ0) is 36.4. The number of carbonyl (C=O) groups is 5. The lowest BCUT2D eigenvalue weighted by Crippen LogP contribution is -2.60. The maximum absolute atomic E-state index is 13.8. The summed E-state index contributed by atoms with van der Waals surface area (Å²) in [5.74, 6) is -0.299. The highest BCUT2D eigenvalue weighted by Gasteiger charge is 2.50. The third-order valence-electron chi connectivity index (χ3n) is 8.87. The van der Waals surface area contributed by atoms with Gasteiger partial charge in [0.05, 0.1) is 19.8 Å². The van der Waals surface area contributed by atoms with Crippen molar-refractivity contribution in [1.29, 1.82) is 0 Å². The number of amides is 6. The number of urea groups is 2. The quantitative estimate of drug-likeness (QED) is 0.208. The van der Waals surface area contributed by atoms with Crippen LogP contribution in [0.3, 0.4) is 0 Å². The lowest BCUT2D eigenvalue weighted by atomic mass is 9.93. The van der Waals surface area contributed by atoms with Crippen LogP contribution in [0.4, 0.5) is 15.3 Å². The molecule has 2 aliphatic rings. The van der Waals surface area contributed by atoms with Crippen LogP contribution in [0.25, 0.3) is 0 Å². The molecule has 2 aromatic carbocycles. The molecule has 0 unspecified atom stereocenters. The van der Waals surface area contributed by atoms with Crippen LogP contribution in [0.1, 0.15) is 53.0 Å². The van der Waals surface area contributed by atoms with E-state index in [9.17, 15) is 24.0 Å². The summed E-state index contributed by atoms with van der Waals surface area (Å²) in [6.07, 6.45) is 0.960. The molecule has 272 valence electrons. The Balaban J connectivity index is 1.40. The van der Waals surface area contributed by atoms with E-state index in [1.165, 1.54) is 0 Å². The fraction of sp³-hybridized carbons (Fsp3) is 0.541. The molecule has 0 bridgehead atoms. The van der Waals surface area contributed by atoms with E-state index in [0.717, 1.165) is 5.56 Å². The molecule has 4 rings (SSSR count). The molecule has 13 heteroatoms. The Kier molecular flexibility index (Phi) is 13.2. The zero-order valence-electron chi connectivity index (χ0n) is 30.0. The number of ether oxygens (including phenoxy) is 2. The van der Waals surface area contributed by atoms with Gasteiger partial charge in [0, 0.05) is 38.3 Å². The summed E-state index contributed by atoms with van der Waals surface area (Å²) in [7, 11) is 1.57. The molecule has 0 aromatic heterocycles. The number of Topliss-reactive ketones (excluding diaryl/α,β-unsaturated/α-hetero) is 1. The van der Waals surface area contributed by atoms with Gasteiger partial charge >= 0.3 is 12.1 Å². The SMILES string of the molecule is COc1ccc(NC(=O)N2CCN(C(=O)N[C@@H](CC(C)C)C(=O)N[C@@H](Cc3ccccc3)C(=O)N[C@@H](CC(C)C)C(=O)[C@@]3(C)CO3)CC2)cc1. The Morgan fingerprint density at radius 2 is 1.26 bits per heavy atom. The van der Waals surface area contributed by atoms with Gasteiger partial charge in [-0.25, -0.2) is 9.59 Å². The van der Waals surface area contributed by atoms with E-state index in [-0.39, 0.29) is 43.2 Å². The number of rotatable bonds is 15. The maximum atomic E-state index is 13.8. The maximum Gasteiger partial charge on any atom is 0.321 e. The smallest absolute Gasteiger partial charge is 0.321 e. The standard InChI is InChI=1S/C37H52N6O7/c1-24(2)20-29(32(44)37(5)23-50-37)39-34(46)31(22-26-10-8-7-9-11-26)40-33(45)30(21-25(3)4)41-36(48)43-18-16-42(17-19-43)35(47)38-27-12-14-28(49-6)15-13-27/h7-15,24-25,29-31H,16-23H2,1-6H3,(H,38,47)(H,39,46)(H,40,45)(H,41,48)/t29-,30-,31-,37+/m0/s1. The van der Waals surface area contributed by atoms with Gasteiger partial charge in [-0.2, -0.15) is 0 Å². The lowest BCUT2D eigenvalue weighted by molar-refractivity contribution is -0.133. The minimum absolute atomic E-state index is 0.0540. The van der Waals surface area contributed by atoms with Gasteiger partial charge in [0.15, 0.2) is 5.78 Å². The van der Waals surface area contributed by atoms with Crippen LogP contribution < -0.4 is 26.0 Å². The van der Waals surface area contributed by atoms with Gasteiger partial charge < -0.3 is 40.5 Å². The first-order valence-electron chi connectivity index (χ1n) is 17.4. The fourth-order valence-electron chi connectivity index (χ4n) is 5.86. The van der Waals surface area contributed by atoms with Gasteiger partial charge in [-0.05, 0) is 61.4 Å². The molecular weight excluding hydrogens is 640 g/mol. The largest absolute Gasteiger partial charge is 0.497 e. The van der Waals surface area contributed by atoms with Crippen molar-refractivity contribution in [3.05, 3.63) is 60.2 Å². The van der Waals surface area contributed by atoms with Crippen molar-refractivity contribution in [2.75, 3.05) is 45.2 Å². The summed E-state index contributed by atoms with van der Waals surface area (Å²) in [6.45, 7) is 11.1. The molecule has 4 N–H and O–H groups in total. The van der Waals surface area contributed by atoms with Crippen molar-refractivity contribution in [3.8, 4) is 5.75 Å². The molecule has 0 aliphatic carbocycles. The Bertz CT molecular complexity index is 1470. The number of anilines is 1. The van der Waals surface area contributed by atoms with Crippen LogP contribution in [0, 0.1) is 11.8 Å². The average molecular weight is 693 g/mol. The van der Waals surface area contributed by atoms with Gasteiger partial charge in [-0.3, -0.25) is 14.4 Å². The van der Waals surface area contributed by atoms with Gasteiger partial charge in [0.25, 0.3) is 0 Å². The molecule has 2 heterocycles. The summed E-state index contributed by atoms with van der Waals surface area (Å²) in [6, 6.07) is 12.9. The number of epoxide rings is 1. The summed E-state index contributed by atoms with van der Waals surface area (Å²) in [5, 5.41) is 11.5. The highest BCUT2D eigenvalue weighted by atomic mass is 16.6. The molecule has 2 aliphatic heterocycles. The lowest BCUT2D eigenvalue weighted by Gasteiger charge is -2.35.